The number of carbonyl (C=O) groups is 1. The average Bonchev–Trinajstić information content (AvgIpc) is 2.76. The summed E-state index contributed by atoms with van der Waals surface area (Å²) in [5.41, 5.74) is -1.11. The van der Waals surface area contributed by atoms with Crippen LogP contribution < -0.4 is 0 Å². The molecule has 2 rings (SSSR count). The first kappa shape index (κ1) is 14.0. The Morgan fingerprint density at radius 3 is 2.70 bits per heavy atom. The van der Waals surface area contributed by atoms with Gasteiger partial charge >= 0.3 is 5.97 Å². The summed E-state index contributed by atoms with van der Waals surface area (Å²) in [6.07, 6.45) is 0. The van der Waals surface area contributed by atoms with Crippen molar-refractivity contribution in [3.05, 3.63) is 29.8 Å². The van der Waals surface area contributed by atoms with Gasteiger partial charge in [-0.2, -0.15) is 0 Å². The normalized spacial score (nSPS) is 11.6. The molecule has 0 aliphatic heterocycles. The van der Waals surface area contributed by atoms with Crippen molar-refractivity contribution >= 4 is 5.97 Å². The van der Waals surface area contributed by atoms with Gasteiger partial charge in [0.15, 0.2) is 5.82 Å². The van der Waals surface area contributed by atoms with Gasteiger partial charge in [0.05, 0.1) is 17.5 Å². The molecule has 106 valence electrons. The van der Waals surface area contributed by atoms with Crippen LogP contribution in [0, 0.1) is 17.0 Å². The van der Waals surface area contributed by atoms with Crippen LogP contribution in [0.4, 0.5) is 8.78 Å². The lowest BCUT2D eigenvalue weighted by Crippen LogP contribution is -2.30. The van der Waals surface area contributed by atoms with Gasteiger partial charge in [0.1, 0.15) is 11.6 Å². The highest BCUT2D eigenvalue weighted by atomic mass is 19.1. The van der Waals surface area contributed by atoms with Crippen LogP contribution in [0.15, 0.2) is 18.2 Å². The van der Waals surface area contributed by atoms with Crippen molar-refractivity contribution < 1.29 is 18.7 Å². The van der Waals surface area contributed by atoms with Gasteiger partial charge in [0.2, 0.25) is 0 Å². The van der Waals surface area contributed by atoms with Crippen LogP contribution in [-0.2, 0) is 11.3 Å². The van der Waals surface area contributed by atoms with Crippen LogP contribution in [0.1, 0.15) is 13.8 Å². The van der Waals surface area contributed by atoms with E-state index in [9.17, 15) is 13.6 Å². The maximum Gasteiger partial charge on any atom is 0.310 e. The lowest BCUT2D eigenvalue weighted by atomic mass is 9.94. The summed E-state index contributed by atoms with van der Waals surface area (Å²) >= 11 is 0. The van der Waals surface area contributed by atoms with E-state index in [-0.39, 0.29) is 17.9 Å². The van der Waals surface area contributed by atoms with E-state index in [0.29, 0.717) is 0 Å². The van der Waals surface area contributed by atoms with Gasteiger partial charge in [-0.3, -0.25) is 4.79 Å². The SMILES string of the molecule is CC(C)(Cn1nnnc1-c1ccc(F)cc1F)C(=O)O. The van der Waals surface area contributed by atoms with Gasteiger partial charge in [-0.25, -0.2) is 13.5 Å². The van der Waals surface area contributed by atoms with Crippen LogP contribution in [0.3, 0.4) is 0 Å². The Labute approximate surface area is 113 Å². The van der Waals surface area contributed by atoms with E-state index in [1.54, 1.807) is 0 Å². The molecule has 0 radical (unpaired) electrons. The maximum absolute atomic E-state index is 13.7. The zero-order chi connectivity index (χ0) is 14.9. The molecular formula is C12H12F2N4O2. The van der Waals surface area contributed by atoms with Crippen LogP contribution in [-0.4, -0.2) is 31.3 Å². The third-order valence-corrected chi connectivity index (χ3v) is 2.83. The number of benzene rings is 1. The predicted molar refractivity (Wildman–Crippen MR) is 64.6 cm³/mol. The van der Waals surface area contributed by atoms with Gasteiger partial charge in [-0.05, 0) is 36.4 Å². The largest absolute Gasteiger partial charge is 0.481 e. The summed E-state index contributed by atoms with van der Waals surface area (Å²) < 4.78 is 27.8. The minimum Gasteiger partial charge on any atom is -0.481 e. The molecule has 0 amide bonds. The Morgan fingerprint density at radius 1 is 1.40 bits per heavy atom. The van der Waals surface area contributed by atoms with Crippen LogP contribution >= 0.6 is 0 Å². The van der Waals surface area contributed by atoms with E-state index >= 15 is 0 Å². The Kier molecular flexibility index (Phi) is 3.47. The number of carboxylic acids is 1. The second kappa shape index (κ2) is 4.95. The van der Waals surface area contributed by atoms with Crippen molar-refractivity contribution in [2.24, 2.45) is 5.41 Å². The molecular weight excluding hydrogens is 270 g/mol. The number of halogens is 2. The smallest absolute Gasteiger partial charge is 0.310 e. The summed E-state index contributed by atoms with van der Waals surface area (Å²) in [5.74, 6) is -2.50. The molecule has 0 fully saturated rings. The van der Waals surface area contributed by atoms with Gasteiger partial charge in [0.25, 0.3) is 0 Å². The van der Waals surface area contributed by atoms with Crippen molar-refractivity contribution in [2.45, 2.75) is 20.4 Å². The lowest BCUT2D eigenvalue weighted by Gasteiger charge is -2.19. The van der Waals surface area contributed by atoms with Gasteiger partial charge < -0.3 is 5.11 Å². The molecule has 1 aromatic carbocycles. The fraction of sp³-hybridized carbons (Fsp3) is 0.333. The predicted octanol–water partition coefficient (Wildman–Crippen LogP) is 1.73. The molecule has 1 aromatic heterocycles. The Morgan fingerprint density at radius 2 is 2.10 bits per heavy atom. The highest BCUT2D eigenvalue weighted by Crippen LogP contribution is 2.24. The monoisotopic (exact) mass is 282 g/mol. The Bertz CT molecular complexity index is 655. The third kappa shape index (κ3) is 2.63. The summed E-state index contributed by atoms with van der Waals surface area (Å²) in [4.78, 5) is 11.1. The molecule has 0 unspecified atom stereocenters. The second-order valence-electron chi connectivity index (χ2n) is 4.97. The molecule has 0 saturated carbocycles. The first-order valence-electron chi connectivity index (χ1n) is 5.76. The molecule has 0 atom stereocenters. The van der Waals surface area contributed by atoms with Crippen LogP contribution in [0.25, 0.3) is 11.4 Å². The topological polar surface area (TPSA) is 80.9 Å². The minimum atomic E-state index is -1.12. The number of rotatable bonds is 4. The van der Waals surface area contributed by atoms with Crippen molar-refractivity contribution in [1.82, 2.24) is 20.2 Å². The quantitative estimate of drug-likeness (QED) is 0.923. The first-order chi connectivity index (χ1) is 9.31. The highest BCUT2D eigenvalue weighted by Gasteiger charge is 2.30. The third-order valence-electron chi connectivity index (χ3n) is 2.83. The van der Waals surface area contributed by atoms with E-state index in [1.807, 2.05) is 0 Å². The Hall–Kier alpha value is -2.38. The molecule has 0 saturated heterocycles. The molecule has 0 aliphatic carbocycles. The van der Waals surface area contributed by atoms with E-state index in [1.165, 1.54) is 24.6 Å². The number of nitrogens with zero attached hydrogens (tertiary/aromatic N) is 4. The van der Waals surface area contributed by atoms with Gasteiger partial charge in [-0.15, -0.1) is 5.10 Å². The summed E-state index contributed by atoms with van der Waals surface area (Å²) in [5, 5.41) is 19.8. The molecule has 1 N–H and O–H groups in total. The maximum atomic E-state index is 13.7. The fourth-order valence-corrected chi connectivity index (χ4v) is 1.62. The van der Waals surface area contributed by atoms with E-state index < -0.39 is 23.0 Å². The molecule has 2 aromatic rings. The van der Waals surface area contributed by atoms with Crippen molar-refractivity contribution in [3.8, 4) is 11.4 Å². The molecule has 6 nitrogen and oxygen atoms in total. The number of aromatic nitrogens is 4. The van der Waals surface area contributed by atoms with Gasteiger partial charge in [-0.1, -0.05) is 0 Å². The van der Waals surface area contributed by atoms with E-state index in [4.69, 9.17) is 5.11 Å². The fourth-order valence-electron chi connectivity index (χ4n) is 1.62. The summed E-state index contributed by atoms with van der Waals surface area (Å²) in [6.45, 7) is 2.96. The Balaban J connectivity index is 2.41. The molecule has 0 bridgehead atoms. The molecule has 0 aliphatic rings. The number of aliphatic carboxylic acids is 1. The molecule has 0 spiro atoms. The van der Waals surface area contributed by atoms with E-state index in [0.717, 1.165) is 12.1 Å². The first-order valence-corrected chi connectivity index (χ1v) is 5.76. The number of carboxylic acid groups (broad SMARTS) is 1. The lowest BCUT2D eigenvalue weighted by molar-refractivity contribution is -0.147. The number of hydrogen-bond donors (Lipinski definition) is 1. The summed E-state index contributed by atoms with van der Waals surface area (Å²) in [7, 11) is 0. The van der Waals surface area contributed by atoms with Crippen LogP contribution in [0.5, 0.6) is 0 Å². The highest BCUT2D eigenvalue weighted by molar-refractivity contribution is 5.73. The standard InChI is InChI=1S/C12H12F2N4O2/c1-12(2,11(19)20)6-18-10(15-16-17-18)8-4-3-7(13)5-9(8)14/h3-5H,6H2,1-2H3,(H,19,20). The zero-order valence-corrected chi connectivity index (χ0v) is 10.8. The number of tetrazole rings is 1. The van der Waals surface area contributed by atoms with Crippen molar-refractivity contribution in [1.29, 1.82) is 0 Å². The zero-order valence-electron chi connectivity index (χ0n) is 10.8. The second-order valence-corrected chi connectivity index (χ2v) is 4.97. The summed E-state index contributed by atoms with van der Waals surface area (Å²) in [6, 6.07) is 3.01. The van der Waals surface area contributed by atoms with Crippen molar-refractivity contribution in [3.63, 3.8) is 0 Å². The van der Waals surface area contributed by atoms with Crippen molar-refractivity contribution in [2.75, 3.05) is 0 Å². The van der Waals surface area contributed by atoms with Gasteiger partial charge in [0, 0.05) is 6.07 Å². The molecule has 8 heteroatoms. The minimum absolute atomic E-state index is 0.0117. The number of hydrogen-bond acceptors (Lipinski definition) is 4. The van der Waals surface area contributed by atoms with Crippen LogP contribution in [0.2, 0.25) is 0 Å². The molecule has 1 heterocycles. The average molecular weight is 282 g/mol. The molecule has 20 heavy (non-hydrogen) atoms. The van der Waals surface area contributed by atoms with E-state index in [2.05, 4.69) is 15.5 Å².